The second-order valence-corrected chi connectivity index (χ2v) is 4.16. The average molecular weight is 180 g/mol. The largest absolute Gasteiger partial charge is 0.463 e. The summed E-state index contributed by atoms with van der Waals surface area (Å²) in [6, 6.07) is 0. The second kappa shape index (κ2) is 3.17. The van der Waals surface area contributed by atoms with Crippen molar-refractivity contribution >= 4 is 5.97 Å². The molecule has 0 aromatic rings. The van der Waals surface area contributed by atoms with Crippen LogP contribution in [0, 0.1) is 17.8 Å². The van der Waals surface area contributed by atoms with Gasteiger partial charge in [-0.25, -0.2) is 4.79 Å². The normalized spacial score (nSPS) is 36.2. The molecular weight excluding hydrogens is 164 g/mol. The van der Waals surface area contributed by atoms with Crippen LogP contribution in [0.5, 0.6) is 0 Å². The molecular formula is C11H16O2. The standard InChI is InChI=1S/C11H16O2/c1-3-13-11(12)9-4-7(2)10-6-8(10)5-9/h5,7-8,10H,3-4,6H2,1-2H3/t7-,8+,10+/m0/s1. The highest BCUT2D eigenvalue weighted by molar-refractivity contribution is 5.88. The van der Waals surface area contributed by atoms with Gasteiger partial charge in [-0.2, -0.15) is 0 Å². The zero-order valence-electron chi connectivity index (χ0n) is 8.25. The number of carbonyl (C=O) groups is 1. The molecule has 1 saturated carbocycles. The first kappa shape index (κ1) is 8.79. The van der Waals surface area contributed by atoms with Crippen molar-refractivity contribution in [2.24, 2.45) is 17.8 Å². The van der Waals surface area contributed by atoms with Gasteiger partial charge in [0.2, 0.25) is 0 Å². The summed E-state index contributed by atoms with van der Waals surface area (Å²) in [6.07, 6.45) is 4.33. The van der Waals surface area contributed by atoms with Gasteiger partial charge < -0.3 is 4.74 Å². The molecule has 0 N–H and O–H groups in total. The Kier molecular flexibility index (Phi) is 2.14. The number of ether oxygens (including phenoxy) is 1. The van der Waals surface area contributed by atoms with E-state index in [1.54, 1.807) is 0 Å². The third-order valence-corrected chi connectivity index (χ3v) is 3.12. The van der Waals surface area contributed by atoms with Crippen LogP contribution in [0.4, 0.5) is 0 Å². The van der Waals surface area contributed by atoms with E-state index in [1.165, 1.54) is 6.42 Å². The van der Waals surface area contributed by atoms with Crippen LogP contribution in [0.25, 0.3) is 0 Å². The van der Waals surface area contributed by atoms with E-state index in [9.17, 15) is 4.79 Å². The van der Waals surface area contributed by atoms with Crippen molar-refractivity contribution in [1.29, 1.82) is 0 Å². The zero-order chi connectivity index (χ0) is 9.42. The highest BCUT2D eigenvalue weighted by Gasteiger charge is 2.43. The van der Waals surface area contributed by atoms with Crippen molar-refractivity contribution in [3.8, 4) is 0 Å². The molecule has 0 heterocycles. The van der Waals surface area contributed by atoms with E-state index in [4.69, 9.17) is 4.74 Å². The van der Waals surface area contributed by atoms with Crippen molar-refractivity contribution in [1.82, 2.24) is 0 Å². The number of hydrogen-bond acceptors (Lipinski definition) is 2. The summed E-state index contributed by atoms with van der Waals surface area (Å²) < 4.78 is 4.99. The lowest BCUT2D eigenvalue weighted by Crippen LogP contribution is -2.15. The molecule has 2 aliphatic rings. The van der Waals surface area contributed by atoms with Crippen LogP contribution in [0.3, 0.4) is 0 Å². The Morgan fingerprint density at radius 1 is 1.69 bits per heavy atom. The minimum Gasteiger partial charge on any atom is -0.463 e. The molecule has 1 fully saturated rings. The van der Waals surface area contributed by atoms with E-state index in [-0.39, 0.29) is 5.97 Å². The molecule has 3 atom stereocenters. The van der Waals surface area contributed by atoms with E-state index in [0.29, 0.717) is 18.4 Å². The summed E-state index contributed by atoms with van der Waals surface area (Å²) >= 11 is 0. The zero-order valence-corrected chi connectivity index (χ0v) is 8.25. The van der Waals surface area contributed by atoms with Crippen LogP contribution in [0.2, 0.25) is 0 Å². The van der Waals surface area contributed by atoms with Crippen LogP contribution < -0.4 is 0 Å². The molecule has 2 heteroatoms. The number of carbonyl (C=O) groups excluding carboxylic acids is 1. The van der Waals surface area contributed by atoms with Crippen LogP contribution in [-0.4, -0.2) is 12.6 Å². The van der Waals surface area contributed by atoms with Crippen LogP contribution in [0.15, 0.2) is 11.6 Å². The predicted molar refractivity (Wildman–Crippen MR) is 50.1 cm³/mol. The van der Waals surface area contributed by atoms with Gasteiger partial charge in [-0.3, -0.25) is 0 Å². The van der Waals surface area contributed by atoms with Crippen molar-refractivity contribution < 1.29 is 9.53 Å². The minimum absolute atomic E-state index is 0.0975. The van der Waals surface area contributed by atoms with Gasteiger partial charge >= 0.3 is 5.97 Å². The Bertz CT molecular complexity index is 255. The number of allylic oxidation sites excluding steroid dienone is 1. The smallest absolute Gasteiger partial charge is 0.333 e. The molecule has 2 nitrogen and oxygen atoms in total. The molecule has 0 spiro atoms. The van der Waals surface area contributed by atoms with Crippen molar-refractivity contribution in [2.75, 3.05) is 6.61 Å². The Morgan fingerprint density at radius 3 is 3.08 bits per heavy atom. The highest BCUT2D eigenvalue weighted by Crippen LogP contribution is 2.51. The highest BCUT2D eigenvalue weighted by atomic mass is 16.5. The van der Waals surface area contributed by atoms with Gasteiger partial charge in [0.25, 0.3) is 0 Å². The topological polar surface area (TPSA) is 26.3 Å². The SMILES string of the molecule is CCOC(=O)C1=C[C@@H]2C[C@@H]2[C@@H](C)C1. The van der Waals surface area contributed by atoms with Gasteiger partial charge in [-0.05, 0) is 37.5 Å². The molecule has 0 amide bonds. The summed E-state index contributed by atoms with van der Waals surface area (Å²) in [7, 11) is 0. The lowest BCUT2D eigenvalue weighted by atomic mass is 9.90. The second-order valence-electron chi connectivity index (χ2n) is 4.16. The average Bonchev–Trinajstić information content (AvgIpc) is 2.84. The molecule has 2 rings (SSSR count). The van der Waals surface area contributed by atoms with Gasteiger partial charge in [-0.15, -0.1) is 0 Å². The molecule has 0 aromatic heterocycles. The Labute approximate surface area is 79.0 Å². The monoisotopic (exact) mass is 180 g/mol. The Morgan fingerprint density at radius 2 is 2.46 bits per heavy atom. The number of fused-ring (bicyclic) bond motifs is 1. The molecule has 0 bridgehead atoms. The predicted octanol–water partition coefficient (Wildman–Crippen LogP) is 2.15. The quantitative estimate of drug-likeness (QED) is 0.609. The fourth-order valence-corrected chi connectivity index (χ4v) is 2.28. The van der Waals surface area contributed by atoms with Gasteiger partial charge in [0.1, 0.15) is 0 Å². The third-order valence-electron chi connectivity index (χ3n) is 3.12. The summed E-state index contributed by atoms with van der Waals surface area (Å²) in [5.41, 5.74) is 0.910. The van der Waals surface area contributed by atoms with E-state index < -0.39 is 0 Å². The van der Waals surface area contributed by atoms with Crippen molar-refractivity contribution in [3.05, 3.63) is 11.6 Å². The van der Waals surface area contributed by atoms with Crippen molar-refractivity contribution in [3.63, 3.8) is 0 Å². The summed E-state index contributed by atoms with van der Waals surface area (Å²) in [5, 5.41) is 0. The Balaban J connectivity index is 2.03. The maximum Gasteiger partial charge on any atom is 0.333 e. The minimum atomic E-state index is -0.0975. The van der Waals surface area contributed by atoms with Crippen LogP contribution >= 0.6 is 0 Å². The summed E-state index contributed by atoms with van der Waals surface area (Å²) in [4.78, 5) is 11.4. The maximum atomic E-state index is 11.4. The summed E-state index contributed by atoms with van der Waals surface area (Å²) in [5.74, 6) is 2.12. The van der Waals surface area contributed by atoms with Crippen LogP contribution in [-0.2, 0) is 9.53 Å². The van der Waals surface area contributed by atoms with Crippen LogP contribution in [0.1, 0.15) is 26.7 Å². The van der Waals surface area contributed by atoms with E-state index in [0.717, 1.165) is 17.9 Å². The first-order valence-corrected chi connectivity index (χ1v) is 5.10. The summed E-state index contributed by atoms with van der Waals surface area (Å²) in [6.45, 7) is 4.57. The van der Waals surface area contributed by atoms with E-state index in [1.807, 2.05) is 6.92 Å². The molecule has 72 valence electrons. The first-order chi connectivity index (χ1) is 6.22. The van der Waals surface area contributed by atoms with E-state index >= 15 is 0 Å². The molecule has 0 saturated heterocycles. The van der Waals surface area contributed by atoms with Gasteiger partial charge in [0.15, 0.2) is 0 Å². The number of hydrogen-bond donors (Lipinski definition) is 0. The lowest BCUT2D eigenvalue weighted by Gasteiger charge is -2.17. The Hall–Kier alpha value is -0.790. The molecule has 0 radical (unpaired) electrons. The molecule has 0 aromatic carbocycles. The molecule has 13 heavy (non-hydrogen) atoms. The van der Waals surface area contributed by atoms with E-state index in [2.05, 4.69) is 13.0 Å². The first-order valence-electron chi connectivity index (χ1n) is 5.10. The fourth-order valence-electron chi connectivity index (χ4n) is 2.28. The number of rotatable bonds is 2. The fraction of sp³-hybridized carbons (Fsp3) is 0.727. The molecule has 0 unspecified atom stereocenters. The third kappa shape index (κ3) is 1.62. The van der Waals surface area contributed by atoms with Gasteiger partial charge in [-0.1, -0.05) is 13.0 Å². The van der Waals surface area contributed by atoms with Gasteiger partial charge in [0.05, 0.1) is 6.61 Å². The molecule has 2 aliphatic carbocycles. The lowest BCUT2D eigenvalue weighted by molar-refractivity contribution is -0.138. The number of esters is 1. The maximum absolute atomic E-state index is 11.4. The molecule has 0 aliphatic heterocycles. The van der Waals surface area contributed by atoms with Gasteiger partial charge in [0, 0.05) is 5.57 Å². The van der Waals surface area contributed by atoms with Crippen molar-refractivity contribution in [2.45, 2.75) is 26.7 Å².